The summed E-state index contributed by atoms with van der Waals surface area (Å²) < 4.78 is 0. The highest BCUT2D eigenvalue weighted by atomic mass is 16.2. The Kier molecular flexibility index (Phi) is 2.65. The Balaban J connectivity index is 2.45. The lowest BCUT2D eigenvalue weighted by atomic mass is 10.2. The first-order valence-electron chi connectivity index (χ1n) is 3.69. The summed E-state index contributed by atoms with van der Waals surface area (Å²) in [6.07, 6.45) is -0.319. The molecule has 0 bridgehead atoms. The average Bonchev–Trinajstić information content (AvgIpc) is 2.28. The molecule has 0 aromatic rings. The van der Waals surface area contributed by atoms with Crippen LogP contribution >= 0.6 is 0 Å². The maximum atomic E-state index is 10.9. The van der Waals surface area contributed by atoms with Gasteiger partial charge in [-0.1, -0.05) is 0 Å². The molecule has 1 atom stereocenters. The van der Waals surface area contributed by atoms with Crippen LogP contribution in [0.2, 0.25) is 0 Å². The van der Waals surface area contributed by atoms with E-state index in [1.165, 1.54) is 0 Å². The van der Waals surface area contributed by atoms with Crippen LogP contribution in [0.1, 0.15) is 6.42 Å². The quantitative estimate of drug-likeness (QED) is 0.376. The predicted molar refractivity (Wildman–Crippen MR) is 42.8 cm³/mol. The Hall–Kier alpha value is -2.12. The van der Waals surface area contributed by atoms with Crippen LogP contribution in [0.25, 0.3) is 0 Å². The Labute approximate surface area is 78.2 Å². The summed E-state index contributed by atoms with van der Waals surface area (Å²) in [7, 11) is 0. The molecule has 6 amide bonds. The third kappa shape index (κ3) is 2.44. The maximum absolute atomic E-state index is 10.9. The summed E-state index contributed by atoms with van der Waals surface area (Å²) >= 11 is 0. The Bertz CT molecular complexity index is 313. The summed E-state index contributed by atoms with van der Waals surface area (Å²) in [6.45, 7) is 0. The first-order valence-corrected chi connectivity index (χ1v) is 3.69. The fraction of sp³-hybridized carbons (Fsp3) is 0.333. The number of hydrogen-bond acceptors (Lipinski definition) is 4. The number of hydrogen-bond donors (Lipinski definition) is 4. The van der Waals surface area contributed by atoms with Crippen molar-refractivity contribution < 1.29 is 19.2 Å². The molecule has 14 heavy (non-hydrogen) atoms. The minimum atomic E-state index is -1.00. The molecule has 76 valence electrons. The number of nitrogens with one attached hydrogen (secondary N) is 3. The van der Waals surface area contributed by atoms with Gasteiger partial charge in [0.2, 0.25) is 5.91 Å². The number of urea groups is 2. The molecule has 1 rings (SSSR count). The van der Waals surface area contributed by atoms with Crippen LogP contribution in [-0.2, 0) is 9.59 Å². The lowest BCUT2D eigenvalue weighted by Gasteiger charge is -2.05. The highest BCUT2D eigenvalue weighted by molar-refractivity contribution is 6.06. The number of carbonyl (C=O) groups excluding carboxylic acids is 4. The number of imide groups is 2. The summed E-state index contributed by atoms with van der Waals surface area (Å²) in [5.74, 6) is -1.32. The fourth-order valence-corrected chi connectivity index (χ4v) is 0.976. The third-order valence-electron chi connectivity index (χ3n) is 1.51. The zero-order valence-electron chi connectivity index (χ0n) is 6.99. The second-order valence-electron chi connectivity index (χ2n) is 2.63. The van der Waals surface area contributed by atoms with Gasteiger partial charge in [0.1, 0.15) is 6.04 Å². The van der Waals surface area contributed by atoms with E-state index >= 15 is 0 Å². The summed E-state index contributed by atoms with van der Waals surface area (Å²) in [6, 6.07) is -2.60. The minimum absolute atomic E-state index is 0.319. The molecule has 1 heterocycles. The molecule has 0 spiro atoms. The van der Waals surface area contributed by atoms with Gasteiger partial charge in [-0.25, -0.2) is 9.59 Å². The molecule has 1 unspecified atom stereocenters. The zero-order valence-corrected chi connectivity index (χ0v) is 6.99. The van der Waals surface area contributed by atoms with Gasteiger partial charge in [0, 0.05) is 0 Å². The molecule has 8 nitrogen and oxygen atoms in total. The average molecular weight is 200 g/mol. The molecule has 1 fully saturated rings. The standard InChI is InChI=1S/C6H8N4O4/c7-5(13)9-3(11)1-2-4(12)10-6(14)8-2/h2H,1H2,(H3,7,9,11,13)(H2,8,10,12,14). The van der Waals surface area contributed by atoms with Crippen LogP contribution in [-0.4, -0.2) is 29.9 Å². The third-order valence-corrected chi connectivity index (χ3v) is 1.51. The van der Waals surface area contributed by atoms with Gasteiger partial charge in [-0.05, 0) is 0 Å². The van der Waals surface area contributed by atoms with Gasteiger partial charge < -0.3 is 11.1 Å². The molecule has 0 saturated carbocycles. The van der Waals surface area contributed by atoms with E-state index in [2.05, 4.69) is 11.1 Å². The van der Waals surface area contributed by atoms with Crippen molar-refractivity contribution in [1.82, 2.24) is 16.0 Å². The Morgan fingerprint density at radius 1 is 1.43 bits per heavy atom. The van der Waals surface area contributed by atoms with Crippen LogP contribution < -0.4 is 21.7 Å². The van der Waals surface area contributed by atoms with Gasteiger partial charge in [0.25, 0.3) is 5.91 Å². The van der Waals surface area contributed by atoms with E-state index in [-0.39, 0.29) is 6.42 Å². The number of carbonyl (C=O) groups is 4. The van der Waals surface area contributed by atoms with Crippen LogP contribution in [0.15, 0.2) is 0 Å². The van der Waals surface area contributed by atoms with E-state index in [9.17, 15) is 19.2 Å². The second-order valence-corrected chi connectivity index (χ2v) is 2.63. The van der Waals surface area contributed by atoms with E-state index in [1.807, 2.05) is 5.32 Å². The monoisotopic (exact) mass is 200 g/mol. The van der Waals surface area contributed by atoms with E-state index in [4.69, 9.17) is 0 Å². The molecule has 0 aliphatic carbocycles. The highest BCUT2D eigenvalue weighted by Gasteiger charge is 2.31. The fourth-order valence-electron chi connectivity index (χ4n) is 0.976. The van der Waals surface area contributed by atoms with E-state index in [1.54, 1.807) is 5.32 Å². The molecule has 0 radical (unpaired) electrons. The number of rotatable bonds is 2. The van der Waals surface area contributed by atoms with Gasteiger partial charge in [-0.2, -0.15) is 0 Å². The largest absolute Gasteiger partial charge is 0.351 e. The molecular formula is C6H8N4O4. The second kappa shape index (κ2) is 3.73. The number of nitrogens with two attached hydrogens (primary N) is 1. The first-order chi connectivity index (χ1) is 6.49. The van der Waals surface area contributed by atoms with E-state index in [0.717, 1.165) is 0 Å². The van der Waals surface area contributed by atoms with Gasteiger partial charge in [0.05, 0.1) is 6.42 Å². The van der Waals surface area contributed by atoms with Crippen LogP contribution in [0.4, 0.5) is 9.59 Å². The smallest absolute Gasteiger partial charge is 0.322 e. The Morgan fingerprint density at radius 2 is 2.07 bits per heavy atom. The van der Waals surface area contributed by atoms with Crippen LogP contribution in [0.5, 0.6) is 0 Å². The lowest BCUT2D eigenvalue weighted by Crippen LogP contribution is -2.40. The molecule has 1 aliphatic heterocycles. The predicted octanol–water partition coefficient (Wildman–Crippen LogP) is -2.22. The summed E-state index contributed by atoms with van der Waals surface area (Å²) in [4.78, 5) is 42.7. The number of amides is 6. The van der Waals surface area contributed by atoms with Crippen molar-refractivity contribution >= 4 is 23.9 Å². The van der Waals surface area contributed by atoms with E-state index < -0.39 is 29.9 Å². The molecule has 1 saturated heterocycles. The molecule has 8 heteroatoms. The van der Waals surface area contributed by atoms with Crippen molar-refractivity contribution in [1.29, 1.82) is 0 Å². The zero-order chi connectivity index (χ0) is 10.7. The topological polar surface area (TPSA) is 130 Å². The molecule has 1 aliphatic rings. The Morgan fingerprint density at radius 3 is 2.50 bits per heavy atom. The first kappa shape index (κ1) is 9.96. The van der Waals surface area contributed by atoms with Crippen molar-refractivity contribution in [2.24, 2.45) is 5.73 Å². The van der Waals surface area contributed by atoms with Crippen LogP contribution in [0, 0.1) is 0 Å². The summed E-state index contributed by atoms with van der Waals surface area (Å²) in [5, 5.41) is 5.91. The molecular weight excluding hydrogens is 192 g/mol. The van der Waals surface area contributed by atoms with Gasteiger partial charge in [0.15, 0.2) is 0 Å². The van der Waals surface area contributed by atoms with E-state index in [0.29, 0.717) is 0 Å². The minimum Gasteiger partial charge on any atom is -0.351 e. The number of primary amides is 1. The summed E-state index contributed by atoms with van der Waals surface area (Å²) in [5.41, 5.74) is 4.67. The highest BCUT2D eigenvalue weighted by Crippen LogP contribution is 1.98. The molecule has 5 N–H and O–H groups in total. The maximum Gasteiger partial charge on any atom is 0.322 e. The SMILES string of the molecule is NC(=O)NC(=O)CC1NC(=O)NC1=O. The van der Waals surface area contributed by atoms with Crippen molar-refractivity contribution in [2.75, 3.05) is 0 Å². The molecule has 0 aromatic heterocycles. The van der Waals surface area contributed by atoms with Gasteiger partial charge in [-0.15, -0.1) is 0 Å². The van der Waals surface area contributed by atoms with Crippen LogP contribution in [0.3, 0.4) is 0 Å². The van der Waals surface area contributed by atoms with Gasteiger partial charge in [-0.3, -0.25) is 20.2 Å². The molecule has 0 aromatic carbocycles. The van der Waals surface area contributed by atoms with Crippen molar-refractivity contribution in [3.63, 3.8) is 0 Å². The van der Waals surface area contributed by atoms with Crippen molar-refractivity contribution in [3.05, 3.63) is 0 Å². The van der Waals surface area contributed by atoms with Crippen molar-refractivity contribution in [2.45, 2.75) is 12.5 Å². The van der Waals surface area contributed by atoms with Gasteiger partial charge >= 0.3 is 12.1 Å². The van der Waals surface area contributed by atoms with Crippen molar-refractivity contribution in [3.8, 4) is 0 Å². The normalized spacial score (nSPS) is 19.9. The lowest BCUT2D eigenvalue weighted by molar-refractivity contribution is -0.125.